The quantitative estimate of drug-likeness (QED) is 0.514. The van der Waals surface area contributed by atoms with Crippen molar-refractivity contribution in [2.24, 2.45) is 0 Å². The van der Waals surface area contributed by atoms with Gasteiger partial charge in [-0.1, -0.05) is 11.6 Å². The molecule has 28 heavy (non-hydrogen) atoms. The molecule has 0 radical (unpaired) electrons. The molecule has 0 spiro atoms. The lowest BCUT2D eigenvalue weighted by molar-refractivity contribution is -0.137. The topological polar surface area (TPSA) is 86.9 Å². The SMILES string of the molecule is O=C(Nc1cc(Cl)c(C(F)(F)F)cc1F)N[C@@H]1CCCc2n[nH]c(=O)cc2C1. The van der Waals surface area contributed by atoms with Gasteiger partial charge in [0.05, 0.1) is 22.0 Å². The van der Waals surface area contributed by atoms with Crippen molar-refractivity contribution in [3.63, 3.8) is 0 Å². The van der Waals surface area contributed by atoms with E-state index in [1.54, 1.807) is 0 Å². The first-order valence-corrected chi connectivity index (χ1v) is 8.72. The summed E-state index contributed by atoms with van der Waals surface area (Å²) in [6.45, 7) is 0. The zero-order valence-corrected chi connectivity index (χ0v) is 15.0. The Kier molecular flexibility index (Phi) is 5.59. The van der Waals surface area contributed by atoms with Gasteiger partial charge in [0, 0.05) is 12.1 Å². The van der Waals surface area contributed by atoms with Crippen molar-refractivity contribution in [1.82, 2.24) is 15.5 Å². The molecular formula is C17H15ClF4N4O2. The Hall–Kier alpha value is -2.62. The highest BCUT2D eigenvalue weighted by atomic mass is 35.5. The maximum absolute atomic E-state index is 14.0. The number of nitrogens with one attached hydrogen (secondary N) is 3. The molecule has 150 valence electrons. The highest BCUT2D eigenvalue weighted by Crippen LogP contribution is 2.37. The van der Waals surface area contributed by atoms with Gasteiger partial charge in [-0.2, -0.15) is 18.3 Å². The summed E-state index contributed by atoms with van der Waals surface area (Å²) in [6, 6.07) is 1.22. The fraction of sp³-hybridized carbons (Fsp3) is 0.353. The largest absolute Gasteiger partial charge is 0.417 e. The number of alkyl halides is 3. The van der Waals surface area contributed by atoms with Gasteiger partial charge in [-0.3, -0.25) is 4.79 Å². The summed E-state index contributed by atoms with van der Waals surface area (Å²) in [6.07, 6.45) is -2.52. The molecule has 0 aliphatic heterocycles. The van der Waals surface area contributed by atoms with Gasteiger partial charge in [0.15, 0.2) is 0 Å². The fourth-order valence-corrected chi connectivity index (χ4v) is 3.34. The first-order valence-electron chi connectivity index (χ1n) is 8.34. The van der Waals surface area contributed by atoms with E-state index in [0.29, 0.717) is 37.3 Å². The predicted molar refractivity (Wildman–Crippen MR) is 93.9 cm³/mol. The Balaban J connectivity index is 1.71. The van der Waals surface area contributed by atoms with E-state index in [9.17, 15) is 27.2 Å². The molecule has 1 aromatic heterocycles. The molecule has 3 rings (SSSR count). The minimum atomic E-state index is -4.81. The van der Waals surface area contributed by atoms with Crippen LogP contribution in [0.15, 0.2) is 23.0 Å². The summed E-state index contributed by atoms with van der Waals surface area (Å²) in [7, 11) is 0. The minimum Gasteiger partial charge on any atom is -0.335 e. The number of anilines is 1. The average molecular weight is 419 g/mol. The van der Waals surface area contributed by atoms with E-state index < -0.39 is 34.3 Å². The average Bonchev–Trinajstić information content (AvgIpc) is 2.77. The number of fused-ring (bicyclic) bond motifs is 1. The Morgan fingerprint density at radius 1 is 1.29 bits per heavy atom. The lowest BCUT2D eigenvalue weighted by Crippen LogP contribution is -2.39. The summed E-state index contributed by atoms with van der Waals surface area (Å²) in [5, 5.41) is 10.4. The monoisotopic (exact) mass is 418 g/mol. The molecule has 0 saturated carbocycles. The molecule has 1 atom stereocenters. The molecule has 3 N–H and O–H groups in total. The standard InChI is InChI=1S/C17H15ClF4N4O2/c18-11-7-14(12(19)6-10(11)17(20,21)22)24-16(28)23-9-2-1-3-13-8(4-9)5-15(27)26-25-13/h5-7,9H,1-4H2,(H,26,27)(H2,23,24,28)/t9-/m1/s1. The number of aromatic amines is 1. The molecule has 2 amide bonds. The first kappa shape index (κ1) is 20.1. The van der Waals surface area contributed by atoms with Crippen LogP contribution in [0.3, 0.4) is 0 Å². The van der Waals surface area contributed by atoms with Crippen LogP contribution in [-0.4, -0.2) is 22.3 Å². The number of nitrogens with zero attached hydrogens (tertiary/aromatic N) is 1. The molecular weight excluding hydrogens is 404 g/mol. The van der Waals surface area contributed by atoms with Gasteiger partial charge in [-0.15, -0.1) is 0 Å². The van der Waals surface area contributed by atoms with E-state index >= 15 is 0 Å². The third kappa shape index (κ3) is 4.61. The van der Waals surface area contributed by atoms with Gasteiger partial charge in [0.2, 0.25) is 0 Å². The van der Waals surface area contributed by atoms with Crippen molar-refractivity contribution in [1.29, 1.82) is 0 Å². The molecule has 1 aliphatic carbocycles. The number of carbonyl (C=O) groups is 1. The summed E-state index contributed by atoms with van der Waals surface area (Å²) in [5.41, 5.74) is -0.705. The van der Waals surface area contributed by atoms with Crippen molar-refractivity contribution >= 4 is 23.3 Å². The number of amides is 2. The number of benzene rings is 1. The van der Waals surface area contributed by atoms with Gasteiger partial charge in [-0.25, -0.2) is 14.3 Å². The zero-order chi connectivity index (χ0) is 20.5. The molecule has 0 unspecified atom stereocenters. The van der Waals surface area contributed by atoms with Crippen molar-refractivity contribution in [2.45, 2.75) is 37.9 Å². The number of halogens is 5. The van der Waals surface area contributed by atoms with E-state index in [-0.39, 0.29) is 17.7 Å². The smallest absolute Gasteiger partial charge is 0.335 e. The molecule has 0 bridgehead atoms. The van der Waals surface area contributed by atoms with Crippen molar-refractivity contribution in [3.05, 3.63) is 56.2 Å². The van der Waals surface area contributed by atoms with Crippen LogP contribution >= 0.6 is 11.6 Å². The van der Waals surface area contributed by atoms with E-state index in [4.69, 9.17) is 11.6 Å². The Labute approximate surface area is 161 Å². The van der Waals surface area contributed by atoms with Gasteiger partial charge < -0.3 is 10.6 Å². The Bertz CT molecular complexity index is 961. The van der Waals surface area contributed by atoms with Crippen LogP contribution in [-0.2, 0) is 19.0 Å². The van der Waals surface area contributed by atoms with Crippen LogP contribution in [0.2, 0.25) is 5.02 Å². The molecule has 0 fully saturated rings. The molecule has 2 aromatic rings. The fourth-order valence-electron chi connectivity index (χ4n) is 3.07. The number of hydrogen-bond donors (Lipinski definition) is 3. The highest BCUT2D eigenvalue weighted by molar-refractivity contribution is 6.31. The van der Waals surface area contributed by atoms with Gasteiger partial charge in [-0.05, 0) is 43.4 Å². The lowest BCUT2D eigenvalue weighted by atomic mass is 10.1. The molecule has 1 aliphatic rings. The number of aromatic nitrogens is 2. The second-order valence-electron chi connectivity index (χ2n) is 6.41. The first-order chi connectivity index (χ1) is 13.1. The van der Waals surface area contributed by atoms with Gasteiger partial charge in [0.1, 0.15) is 5.82 Å². The van der Waals surface area contributed by atoms with Crippen molar-refractivity contribution < 1.29 is 22.4 Å². The molecule has 6 nitrogen and oxygen atoms in total. The second-order valence-corrected chi connectivity index (χ2v) is 6.81. The number of H-pyrrole nitrogens is 1. The maximum Gasteiger partial charge on any atom is 0.417 e. The van der Waals surface area contributed by atoms with E-state index in [0.717, 1.165) is 5.69 Å². The van der Waals surface area contributed by atoms with E-state index in [1.165, 1.54) is 6.07 Å². The normalized spacial score (nSPS) is 16.8. The van der Waals surface area contributed by atoms with Crippen LogP contribution in [0.5, 0.6) is 0 Å². The third-order valence-electron chi connectivity index (χ3n) is 4.36. The highest BCUT2D eigenvalue weighted by Gasteiger charge is 2.34. The van der Waals surface area contributed by atoms with Crippen LogP contribution < -0.4 is 16.2 Å². The minimum absolute atomic E-state index is 0.234. The molecule has 1 heterocycles. The third-order valence-corrected chi connectivity index (χ3v) is 4.67. The Morgan fingerprint density at radius 2 is 2.04 bits per heavy atom. The van der Waals surface area contributed by atoms with Crippen molar-refractivity contribution in [3.8, 4) is 0 Å². The summed E-state index contributed by atoms with van der Waals surface area (Å²) in [4.78, 5) is 23.6. The van der Waals surface area contributed by atoms with E-state index in [2.05, 4.69) is 20.8 Å². The summed E-state index contributed by atoms with van der Waals surface area (Å²) < 4.78 is 52.2. The molecule has 11 heteroatoms. The van der Waals surface area contributed by atoms with E-state index in [1.807, 2.05) is 0 Å². The Morgan fingerprint density at radius 3 is 2.75 bits per heavy atom. The lowest BCUT2D eigenvalue weighted by Gasteiger charge is -2.18. The zero-order valence-electron chi connectivity index (χ0n) is 14.3. The molecule has 1 aromatic carbocycles. The van der Waals surface area contributed by atoms with Crippen LogP contribution in [0.4, 0.5) is 28.0 Å². The molecule has 0 saturated heterocycles. The van der Waals surface area contributed by atoms with Gasteiger partial charge in [0.25, 0.3) is 5.56 Å². The maximum atomic E-state index is 14.0. The second kappa shape index (κ2) is 7.78. The number of hydrogen-bond acceptors (Lipinski definition) is 3. The summed E-state index contributed by atoms with van der Waals surface area (Å²) >= 11 is 5.56. The van der Waals surface area contributed by atoms with Crippen LogP contribution in [0.25, 0.3) is 0 Å². The number of urea groups is 1. The predicted octanol–water partition coefficient (Wildman–Crippen LogP) is 3.65. The number of carbonyl (C=O) groups excluding carboxylic acids is 1. The van der Waals surface area contributed by atoms with Gasteiger partial charge >= 0.3 is 12.2 Å². The number of aryl methyl sites for hydroxylation is 1. The number of rotatable bonds is 2. The van der Waals surface area contributed by atoms with Crippen LogP contribution in [0, 0.1) is 5.82 Å². The van der Waals surface area contributed by atoms with Crippen LogP contribution in [0.1, 0.15) is 29.7 Å². The summed E-state index contributed by atoms with van der Waals surface area (Å²) in [5.74, 6) is -1.26. The van der Waals surface area contributed by atoms with Crippen molar-refractivity contribution in [2.75, 3.05) is 5.32 Å².